The van der Waals surface area contributed by atoms with Crippen LogP contribution in [0.2, 0.25) is 0 Å². The third-order valence-electron chi connectivity index (χ3n) is 3.34. The van der Waals surface area contributed by atoms with E-state index < -0.39 is 5.60 Å². The molecule has 1 rings (SSSR count). The van der Waals surface area contributed by atoms with E-state index in [0.717, 1.165) is 12.1 Å². The van der Waals surface area contributed by atoms with Crippen molar-refractivity contribution in [3.63, 3.8) is 0 Å². The lowest BCUT2D eigenvalue weighted by Crippen LogP contribution is -2.38. The average molecular weight is 274 g/mol. The Bertz CT molecular complexity index is 371. The van der Waals surface area contributed by atoms with Gasteiger partial charge in [-0.3, -0.25) is 0 Å². The molecular weight excluding hydrogens is 250 g/mol. The van der Waals surface area contributed by atoms with Crippen LogP contribution in [0.25, 0.3) is 0 Å². The van der Waals surface area contributed by atoms with Gasteiger partial charge in [0.05, 0.1) is 5.60 Å². The fourth-order valence-corrected chi connectivity index (χ4v) is 2.31. The van der Waals surface area contributed by atoms with Crippen LogP contribution in [0.3, 0.4) is 0 Å². The monoisotopic (exact) mass is 273 g/mol. The lowest BCUT2D eigenvalue weighted by molar-refractivity contribution is -0.0293. The van der Waals surface area contributed by atoms with E-state index in [1.54, 1.807) is 18.2 Å². The van der Waals surface area contributed by atoms with Crippen molar-refractivity contribution in [3.05, 3.63) is 29.8 Å². The molecule has 2 N–H and O–H groups in total. The summed E-state index contributed by atoms with van der Waals surface area (Å²) < 4.78 is 0. The molecule has 0 amide bonds. The second-order valence-electron chi connectivity index (χ2n) is 4.99. The fourth-order valence-electron chi connectivity index (χ4n) is 2.31. The number of aliphatic hydroxyl groups is 1. The molecular formula is C14H24ClNO2. The fraction of sp³-hybridized carbons (Fsp3) is 0.571. The van der Waals surface area contributed by atoms with Gasteiger partial charge in [-0.15, -0.1) is 12.4 Å². The van der Waals surface area contributed by atoms with E-state index in [9.17, 15) is 10.2 Å². The molecule has 1 aromatic carbocycles. The molecule has 0 heterocycles. The largest absolute Gasteiger partial charge is 0.508 e. The van der Waals surface area contributed by atoms with E-state index in [-0.39, 0.29) is 24.1 Å². The molecule has 0 saturated heterocycles. The van der Waals surface area contributed by atoms with Crippen LogP contribution in [0.5, 0.6) is 5.75 Å². The van der Waals surface area contributed by atoms with Crippen LogP contribution in [0.1, 0.15) is 25.8 Å². The first-order chi connectivity index (χ1) is 7.90. The van der Waals surface area contributed by atoms with Crippen molar-refractivity contribution in [2.45, 2.75) is 25.9 Å². The molecule has 104 valence electrons. The SMILES string of the molecule is CCC(O)(c1cccc(O)c1)C(C)CN(C)C.Cl. The Hall–Kier alpha value is -0.770. The second kappa shape index (κ2) is 6.98. The van der Waals surface area contributed by atoms with Crippen molar-refractivity contribution < 1.29 is 10.2 Å². The summed E-state index contributed by atoms with van der Waals surface area (Å²) in [4.78, 5) is 2.06. The first kappa shape index (κ1) is 17.2. The van der Waals surface area contributed by atoms with Crippen LogP contribution < -0.4 is 0 Å². The molecule has 2 atom stereocenters. The summed E-state index contributed by atoms with van der Waals surface area (Å²) in [6, 6.07) is 6.91. The van der Waals surface area contributed by atoms with Crippen LogP contribution in [0.4, 0.5) is 0 Å². The number of phenols is 1. The Labute approximate surface area is 116 Å². The zero-order chi connectivity index (χ0) is 13.1. The van der Waals surface area contributed by atoms with E-state index in [0.29, 0.717) is 6.42 Å². The molecule has 3 nitrogen and oxygen atoms in total. The van der Waals surface area contributed by atoms with Gasteiger partial charge in [0.1, 0.15) is 5.75 Å². The van der Waals surface area contributed by atoms with Gasteiger partial charge >= 0.3 is 0 Å². The average Bonchev–Trinajstić information content (AvgIpc) is 2.27. The van der Waals surface area contributed by atoms with Gasteiger partial charge in [-0.05, 0) is 38.2 Å². The highest BCUT2D eigenvalue weighted by atomic mass is 35.5. The first-order valence-electron chi connectivity index (χ1n) is 6.06. The van der Waals surface area contributed by atoms with E-state index in [1.165, 1.54) is 0 Å². The standard InChI is InChI=1S/C14H23NO2.ClH/c1-5-14(17,11(2)10-15(3)4)12-7-6-8-13(16)9-12;/h6-9,11,16-17H,5,10H2,1-4H3;1H. The maximum Gasteiger partial charge on any atom is 0.115 e. The maximum absolute atomic E-state index is 10.8. The molecule has 0 bridgehead atoms. The summed E-state index contributed by atoms with van der Waals surface area (Å²) >= 11 is 0. The van der Waals surface area contributed by atoms with Gasteiger partial charge in [-0.1, -0.05) is 26.0 Å². The first-order valence-corrected chi connectivity index (χ1v) is 6.06. The number of aromatic hydroxyl groups is 1. The lowest BCUT2D eigenvalue weighted by Gasteiger charge is -2.35. The van der Waals surface area contributed by atoms with Gasteiger partial charge in [0.15, 0.2) is 0 Å². The quantitative estimate of drug-likeness (QED) is 0.867. The molecule has 0 aromatic heterocycles. The second-order valence-corrected chi connectivity index (χ2v) is 4.99. The Balaban J connectivity index is 0.00000289. The van der Waals surface area contributed by atoms with E-state index in [2.05, 4.69) is 4.90 Å². The normalized spacial score (nSPS) is 15.9. The lowest BCUT2D eigenvalue weighted by atomic mass is 9.80. The van der Waals surface area contributed by atoms with Crippen molar-refractivity contribution in [2.24, 2.45) is 5.92 Å². The summed E-state index contributed by atoms with van der Waals surface area (Å²) in [7, 11) is 3.99. The van der Waals surface area contributed by atoms with Crippen molar-refractivity contribution in [1.29, 1.82) is 0 Å². The summed E-state index contributed by atoms with van der Waals surface area (Å²) in [6.45, 7) is 4.81. The van der Waals surface area contributed by atoms with Crippen LogP contribution >= 0.6 is 12.4 Å². The summed E-state index contributed by atoms with van der Waals surface area (Å²) in [5.74, 6) is 0.302. The highest BCUT2D eigenvalue weighted by molar-refractivity contribution is 5.85. The molecule has 0 saturated carbocycles. The van der Waals surface area contributed by atoms with Gasteiger partial charge in [0, 0.05) is 12.5 Å². The van der Waals surface area contributed by atoms with E-state index in [1.807, 2.05) is 34.0 Å². The Kier molecular flexibility index (Phi) is 6.68. The zero-order valence-electron chi connectivity index (χ0n) is 11.6. The van der Waals surface area contributed by atoms with Crippen molar-refractivity contribution >= 4 is 12.4 Å². The molecule has 18 heavy (non-hydrogen) atoms. The van der Waals surface area contributed by atoms with Gasteiger partial charge in [-0.2, -0.15) is 0 Å². The van der Waals surface area contributed by atoms with E-state index >= 15 is 0 Å². The molecule has 4 heteroatoms. The highest BCUT2D eigenvalue weighted by Gasteiger charge is 2.34. The predicted octanol–water partition coefficient (Wildman–Crippen LogP) is 2.61. The molecule has 0 aliphatic heterocycles. The Morgan fingerprint density at radius 3 is 2.39 bits per heavy atom. The summed E-state index contributed by atoms with van der Waals surface area (Å²) in [6.07, 6.45) is 0.630. The van der Waals surface area contributed by atoms with Crippen LogP contribution in [0.15, 0.2) is 24.3 Å². The third-order valence-corrected chi connectivity index (χ3v) is 3.34. The van der Waals surface area contributed by atoms with Gasteiger partial charge in [-0.25, -0.2) is 0 Å². The van der Waals surface area contributed by atoms with Crippen molar-refractivity contribution in [1.82, 2.24) is 4.90 Å². The zero-order valence-corrected chi connectivity index (χ0v) is 12.4. The Morgan fingerprint density at radius 1 is 1.33 bits per heavy atom. The smallest absolute Gasteiger partial charge is 0.115 e. The highest BCUT2D eigenvalue weighted by Crippen LogP contribution is 2.34. The molecule has 1 aromatic rings. The molecule has 0 aliphatic carbocycles. The van der Waals surface area contributed by atoms with Gasteiger partial charge in [0.25, 0.3) is 0 Å². The summed E-state index contributed by atoms with van der Waals surface area (Å²) in [5.41, 5.74) is -0.0995. The minimum absolute atomic E-state index is 0. The summed E-state index contributed by atoms with van der Waals surface area (Å²) in [5, 5.41) is 20.3. The number of hydrogen-bond acceptors (Lipinski definition) is 3. The predicted molar refractivity (Wildman–Crippen MR) is 77.3 cm³/mol. The Morgan fingerprint density at radius 2 is 1.94 bits per heavy atom. The number of rotatable bonds is 5. The minimum Gasteiger partial charge on any atom is -0.508 e. The number of nitrogens with zero attached hydrogens (tertiary/aromatic N) is 1. The van der Waals surface area contributed by atoms with Gasteiger partial charge in [0.2, 0.25) is 0 Å². The number of halogens is 1. The minimum atomic E-state index is -0.886. The van der Waals surface area contributed by atoms with E-state index in [4.69, 9.17) is 0 Å². The van der Waals surface area contributed by atoms with Crippen LogP contribution in [-0.4, -0.2) is 35.8 Å². The van der Waals surface area contributed by atoms with Gasteiger partial charge < -0.3 is 15.1 Å². The third kappa shape index (κ3) is 3.87. The maximum atomic E-state index is 10.8. The van der Waals surface area contributed by atoms with Crippen molar-refractivity contribution in [2.75, 3.05) is 20.6 Å². The number of hydrogen-bond donors (Lipinski definition) is 2. The topological polar surface area (TPSA) is 43.7 Å². The molecule has 0 spiro atoms. The number of benzene rings is 1. The molecule has 2 unspecified atom stereocenters. The van der Waals surface area contributed by atoms with Crippen molar-refractivity contribution in [3.8, 4) is 5.75 Å². The van der Waals surface area contributed by atoms with Crippen LogP contribution in [0, 0.1) is 5.92 Å². The molecule has 0 radical (unpaired) electrons. The number of phenolic OH excluding ortho intramolecular Hbond substituents is 1. The van der Waals surface area contributed by atoms with Crippen LogP contribution in [-0.2, 0) is 5.60 Å². The molecule has 0 fully saturated rings. The molecule has 0 aliphatic rings.